The van der Waals surface area contributed by atoms with Gasteiger partial charge in [0.25, 0.3) is 0 Å². The molecule has 6 heteroatoms. The maximum Gasteiger partial charge on any atom is 0.305 e. The van der Waals surface area contributed by atoms with E-state index in [1.165, 1.54) is 0 Å². The van der Waals surface area contributed by atoms with E-state index in [-0.39, 0.29) is 6.42 Å². The van der Waals surface area contributed by atoms with Crippen LogP contribution in [-0.4, -0.2) is 36.1 Å². The van der Waals surface area contributed by atoms with E-state index in [9.17, 15) is 9.59 Å². The molecule has 0 saturated carbocycles. The maximum atomic E-state index is 11.1. The van der Waals surface area contributed by atoms with Gasteiger partial charge in [-0.2, -0.15) is 0 Å². The van der Waals surface area contributed by atoms with Crippen LogP contribution in [0.2, 0.25) is 0 Å². The smallest absolute Gasteiger partial charge is 0.305 e. The van der Waals surface area contributed by atoms with Crippen LogP contribution in [0.4, 0.5) is 0 Å². The molecule has 0 aromatic carbocycles. The molecule has 6 N–H and O–H groups in total. The first-order valence-corrected chi connectivity index (χ1v) is 4.53. The minimum Gasteiger partial charge on any atom is -0.481 e. The molecule has 0 bridgehead atoms. The Balaban J connectivity index is 3.57. The van der Waals surface area contributed by atoms with E-state index in [4.69, 9.17) is 16.6 Å². The number of nitrogens with one attached hydrogen (secondary N) is 1. The zero-order valence-corrected chi connectivity index (χ0v) is 8.03. The van der Waals surface area contributed by atoms with Crippen molar-refractivity contribution in [3.05, 3.63) is 0 Å². The predicted molar refractivity (Wildman–Crippen MR) is 51.5 cm³/mol. The van der Waals surface area contributed by atoms with Gasteiger partial charge in [-0.3, -0.25) is 9.59 Å². The Bertz CT molecular complexity index is 196. The van der Waals surface area contributed by atoms with Gasteiger partial charge in [0.15, 0.2) is 0 Å². The van der Waals surface area contributed by atoms with E-state index >= 15 is 0 Å². The van der Waals surface area contributed by atoms with Gasteiger partial charge in [-0.25, -0.2) is 0 Å². The lowest BCUT2D eigenvalue weighted by molar-refractivity contribution is -0.139. The Morgan fingerprint density at radius 3 is 2.50 bits per heavy atom. The van der Waals surface area contributed by atoms with Crippen molar-refractivity contribution in [2.45, 2.75) is 25.3 Å². The van der Waals surface area contributed by atoms with Crippen molar-refractivity contribution in [2.75, 3.05) is 13.1 Å². The Labute approximate surface area is 82.6 Å². The summed E-state index contributed by atoms with van der Waals surface area (Å²) in [6.45, 7) is 1.07. The number of hydrogen-bond acceptors (Lipinski definition) is 4. The number of hydrogen-bond donors (Lipinski definition) is 4. The number of rotatable bonds is 7. The highest BCUT2D eigenvalue weighted by molar-refractivity contribution is 5.85. The molecule has 1 atom stereocenters. The summed E-state index contributed by atoms with van der Waals surface area (Å²) >= 11 is 0. The topological polar surface area (TPSA) is 118 Å². The molecule has 0 spiro atoms. The van der Waals surface area contributed by atoms with Crippen molar-refractivity contribution in [2.24, 2.45) is 11.5 Å². The fourth-order valence-corrected chi connectivity index (χ4v) is 0.893. The van der Waals surface area contributed by atoms with Crippen molar-refractivity contribution in [3.8, 4) is 0 Å². The number of carbonyl (C=O) groups excluding carboxylic acids is 1. The van der Waals surface area contributed by atoms with Gasteiger partial charge < -0.3 is 21.9 Å². The van der Waals surface area contributed by atoms with Crippen LogP contribution >= 0.6 is 0 Å². The Hall–Kier alpha value is -1.14. The van der Waals surface area contributed by atoms with Crippen LogP contribution in [0.3, 0.4) is 0 Å². The molecule has 0 aliphatic heterocycles. The summed E-state index contributed by atoms with van der Waals surface area (Å²) in [5.41, 5.74) is 10.6. The van der Waals surface area contributed by atoms with Crippen molar-refractivity contribution in [1.82, 2.24) is 5.32 Å². The Kier molecular flexibility index (Phi) is 6.69. The van der Waals surface area contributed by atoms with E-state index < -0.39 is 17.9 Å². The number of carboxylic acid groups (broad SMARTS) is 1. The summed E-state index contributed by atoms with van der Waals surface area (Å²) in [6, 6.07) is -0.967. The average Bonchev–Trinajstić information content (AvgIpc) is 2.11. The number of amides is 1. The molecule has 14 heavy (non-hydrogen) atoms. The minimum atomic E-state index is -1.07. The molecule has 0 radical (unpaired) electrons. The third-order valence-corrected chi connectivity index (χ3v) is 1.66. The van der Waals surface area contributed by atoms with Crippen molar-refractivity contribution < 1.29 is 14.7 Å². The van der Waals surface area contributed by atoms with Crippen LogP contribution < -0.4 is 16.8 Å². The van der Waals surface area contributed by atoms with E-state index in [1.807, 2.05) is 0 Å². The first kappa shape index (κ1) is 12.9. The van der Waals surface area contributed by atoms with Gasteiger partial charge in [-0.05, 0) is 19.4 Å². The number of carbonyl (C=O) groups is 2. The molecule has 82 valence electrons. The van der Waals surface area contributed by atoms with E-state index in [2.05, 4.69) is 5.32 Å². The van der Waals surface area contributed by atoms with Crippen molar-refractivity contribution in [1.29, 1.82) is 0 Å². The van der Waals surface area contributed by atoms with Crippen LogP contribution in [-0.2, 0) is 9.59 Å². The molecule has 6 nitrogen and oxygen atoms in total. The highest BCUT2D eigenvalue weighted by Gasteiger charge is 2.15. The van der Waals surface area contributed by atoms with Gasteiger partial charge in [0, 0.05) is 6.54 Å². The van der Waals surface area contributed by atoms with Crippen LogP contribution in [0, 0.1) is 0 Å². The minimum absolute atomic E-state index is 0.345. The summed E-state index contributed by atoms with van der Waals surface area (Å²) in [4.78, 5) is 21.3. The zero-order chi connectivity index (χ0) is 11.0. The fourth-order valence-electron chi connectivity index (χ4n) is 0.893. The summed E-state index contributed by atoms with van der Waals surface area (Å²) in [6.07, 6.45) is 1.26. The van der Waals surface area contributed by atoms with Gasteiger partial charge in [0.1, 0.15) is 0 Å². The SMILES string of the molecule is NCCCCNC(=O)C(N)CC(=O)O. The van der Waals surface area contributed by atoms with Crippen LogP contribution in [0.15, 0.2) is 0 Å². The number of aliphatic carboxylic acids is 1. The largest absolute Gasteiger partial charge is 0.481 e. The highest BCUT2D eigenvalue weighted by atomic mass is 16.4. The average molecular weight is 203 g/mol. The number of nitrogens with two attached hydrogens (primary N) is 2. The van der Waals surface area contributed by atoms with Gasteiger partial charge in [-0.15, -0.1) is 0 Å². The van der Waals surface area contributed by atoms with Crippen LogP contribution in [0.5, 0.6) is 0 Å². The normalized spacial score (nSPS) is 12.1. The summed E-state index contributed by atoms with van der Waals surface area (Å²) < 4.78 is 0. The molecular weight excluding hydrogens is 186 g/mol. The standard InChI is InChI=1S/C8H17N3O3/c9-3-1-2-4-11-8(14)6(10)5-7(12)13/h6H,1-5,9-10H2,(H,11,14)(H,12,13). The molecular formula is C8H17N3O3. The van der Waals surface area contributed by atoms with Gasteiger partial charge in [-0.1, -0.05) is 0 Å². The molecule has 0 rings (SSSR count). The lowest BCUT2D eigenvalue weighted by Gasteiger charge is -2.09. The van der Waals surface area contributed by atoms with Crippen LogP contribution in [0.1, 0.15) is 19.3 Å². The Morgan fingerprint density at radius 2 is 2.00 bits per heavy atom. The molecule has 1 unspecified atom stereocenters. The Morgan fingerprint density at radius 1 is 1.36 bits per heavy atom. The van der Waals surface area contributed by atoms with Gasteiger partial charge >= 0.3 is 5.97 Å². The van der Waals surface area contributed by atoms with Crippen LogP contribution in [0.25, 0.3) is 0 Å². The second-order valence-electron chi connectivity index (χ2n) is 2.99. The highest BCUT2D eigenvalue weighted by Crippen LogP contribution is 1.89. The molecule has 0 aromatic heterocycles. The molecule has 0 aliphatic rings. The monoisotopic (exact) mass is 203 g/mol. The molecule has 0 aliphatic carbocycles. The fraction of sp³-hybridized carbons (Fsp3) is 0.750. The van der Waals surface area contributed by atoms with Crippen molar-refractivity contribution >= 4 is 11.9 Å². The zero-order valence-electron chi connectivity index (χ0n) is 8.03. The second-order valence-corrected chi connectivity index (χ2v) is 2.99. The lowest BCUT2D eigenvalue weighted by atomic mass is 10.2. The van der Waals surface area contributed by atoms with Gasteiger partial charge in [0.05, 0.1) is 12.5 Å². The molecule has 0 aromatic rings. The molecule has 0 heterocycles. The maximum absolute atomic E-state index is 11.1. The number of unbranched alkanes of at least 4 members (excludes halogenated alkanes) is 1. The molecule has 0 fully saturated rings. The van der Waals surface area contributed by atoms with E-state index in [1.54, 1.807) is 0 Å². The summed E-state index contributed by atoms with van der Waals surface area (Å²) in [5, 5.41) is 10.9. The number of carboxylic acids is 1. The summed E-state index contributed by atoms with van der Waals surface area (Å²) in [5.74, 6) is -1.50. The third-order valence-electron chi connectivity index (χ3n) is 1.66. The van der Waals surface area contributed by atoms with Gasteiger partial charge in [0.2, 0.25) is 5.91 Å². The van der Waals surface area contributed by atoms with Crippen molar-refractivity contribution in [3.63, 3.8) is 0 Å². The molecule has 0 saturated heterocycles. The van der Waals surface area contributed by atoms with E-state index in [0.717, 1.165) is 12.8 Å². The third kappa shape index (κ3) is 6.38. The quantitative estimate of drug-likeness (QED) is 0.381. The predicted octanol–water partition coefficient (Wildman–Crippen LogP) is -1.36. The van der Waals surface area contributed by atoms with E-state index in [0.29, 0.717) is 13.1 Å². The molecule has 1 amide bonds. The summed E-state index contributed by atoms with van der Waals surface area (Å²) in [7, 11) is 0. The first-order valence-electron chi connectivity index (χ1n) is 4.53. The second kappa shape index (κ2) is 7.28. The first-order chi connectivity index (χ1) is 6.57. The lowest BCUT2D eigenvalue weighted by Crippen LogP contribution is -2.42.